The summed E-state index contributed by atoms with van der Waals surface area (Å²) in [4.78, 5) is 21.6. The molecule has 1 aromatic carbocycles. The Balaban J connectivity index is 1.24. The minimum atomic E-state index is 0.902. The number of hydrogen-bond donors (Lipinski definition) is 1. The first kappa shape index (κ1) is 16.4. The first-order chi connectivity index (χ1) is 13.4. The summed E-state index contributed by atoms with van der Waals surface area (Å²) >= 11 is 1.75. The van der Waals surface area contributed by atoms with Crippen molar-refractivity contribution in [3.8, 4) is 11.3 Å². The highest BCUT2D eigenvalue weighted by Gasteiger charge is 2.21. The molecule has 0 radical (unpaired) electrons. The normalized spacial score (nSPS) is 15.5. The van der Waals surface area contributed by atoms with Gasteiger partial charge in [0.2, 0.25) is 0 Å². The van der Waals surface area contributed by atoms with Gasteiger partial charge in [0.25, 0.3) is 0 Å². The summed E-state index contributed by atoms with van der Waals surface area (Å²) in [6, 6.07) is 12.4. The topological polar surface area (TPSA) is 60.9 Å². The van der Waals surface area contributed by atoms with E-state index < -0.39 is 0 Å². The number of rotatable bonds is 4. The average Bonchev–Trinajstić information content (AvgIpc) is 3.38. The molecule has 4 aromatic rings. The Morgan fingerprint density at radius 2 is 1.85 bits per heavy atom. The minimum Gasteiger partial charge on any atom is -0.353 e. The maximum absolute atomic E-state index is 4.82. The van der Waals surface area contributed by atoms with Gasteiger partial charge in [0.15, 0.2) is 0 Å². The fourth-order valence-corrected chi connectivity index (χ4v) is 4.39. The molecular formula is C20H20N6S. The molecule has 0 amide bonds. The second-order valence-corrected chi connectivity index (χ2v) is 7.64. The molecule has 0 atom stereocenters. The maximum Gasteiger partial charge on any atom is 0.142 e. The van der Waals surface area contributed by atoms with E-state index >= 15 is 0 Å². The summed E-state index contributed by atoms with van der Waals surface area (Å²) in [7, 11) is 0. The van der Waals surface area contributed by atoms with Gasteiger partial charge < -0.3 is 9.88 Å². The zero-order chi connectivity index (χ0) is 18.1. The van der Waals surface area contributed by atoms with E-state index in [1.165, 1.54) is 10.6 Å². The molecule has 0 unspecified atom stereocenters. The van der Waals surface area contributed by atoms with Gasteiger partial charge in [-0.2, -0.15) is 0 Å². The summed E-state index contributed by atoms with van der Waals surface area (Å²) in [6.45, 7) is 4.86. The van der Waals surface area contributed by atoms with Crippen molar-refractivity contribution in [2.45, 2.75) is 6.54 Å². The van der Waals surface area contributed by atoms with E-state index in [9.17, 15) is 0 Å². The number of hydrogen-bond acceptors (Lipinski definition) is 6. The molecule has 27 heavy (non-hydrogen) atoms. The zero-order valence-corrected chi connectivity index (χ0v) is 15.7. The smallest absolute Gasteiger partial charge is 0.142 e. The Morgan fingerprint density at radius 1 is 1.00 bits per heavy atom. The first-order valence-electron chi connectivity index (χ1n) is 9.12. The van der Waals surface area contributed by atoms with E-state index in [2.05, 4.69) is 60.5 Å². The summed E-state index contributed by atoms with van der Waals surface area (Å²) in [5, 5.41) is 4.43. The van der Waals surface area contributed by atoms with Crippen molar-refractivity contribution in [3.63, 3.8) is 0 Å². The van der Waals surface area contributed by atoms with Crippen molar-refractivity contribution >= 4 is 28.2 Å². The van der Waals surface area contributed by atoms with Gasteiger partial charge in [-0.15, -0.1) is 11.3 Å². The molecule has 5 rings (SSSR count). The lowest BCUT2D eigenvalue weighted by Crippen LogP contribution is -2.46. The molecule has 136 valence electrons. The number of aromatic amines is 1. The van der Waals surface area contributed by atoms with Crippen molar-refractivity contribution in [1.29, 1.82) is 0 Å². The second kappa shape index (κ2) is 7.09. The van der Waals surface area contributed by atoms with Crippen LogP contribution in [-0.4, -0.2) is 51.0 Å². The van der Waals surface area contributed by atoms with E-state index in [0.717, 1.165) is 55.3 Å². The highest BCUT2D eigenvalue weighted by Crippen LogP contribution is 2.25. The second-order valence-electron chi connectivity index (χ2n) is 6.69. The molecule has 4 heterocycles. The SMILES string of the molecule is c1ccc(-c2csc(CN3CCN(c4ncnc5[nH]ccc45)CC3)n2)cc1. The van der Waals surface area contributed by atoms with Crippen molar-refractivity contribution in [2.24, 2.45) is 0 Å². The molecule has 0 spiro atoms. The number of thiazole rings is 1. The lowest BCUT2D eigenvalue weighted by Gasteiger charge is -2.35. The van der Waals surface area contributed by atoms with Gasteiger partial charge in [-0.05, 0) is 6.07 Å². The van der Waals surface area contributed by atoms with E-state index in [-0.39, 0.29) is 0 Å². The molecule has 1 aliphatic heterocycles. The van der Waals surface area contributed by atoms with E-state index in [1.54, 1.807) is 17.7 Å². The molecular weight excluding hydrogens is 356 g/mol. The van der Waals surface area contributed by atoms with E-state index in [4.69, 9.17) is 4.98 Å². The van der Waals surface area contributed by atoms with Crippen LogP contribution in [-0.2, 0) is 6.54 Å². The van der Waals surface area contributed by atoms with Gasteiger partial charge in [-0.3, -0.25) is 4.90 Å². The third-order valence-corrected chi connectivity index (χ3v) is 5.82. The summed E-state index contributed by atoms with van der Waals surface area (Å²) < 4.78 is 0. The third-order valence-electron chi connectivity index (χ3n) is 4.98. The summed E-state index contributed by atoms with van der Waals surface area (Å²) in [5.74, 6) is 1.03. The lowest BCUT2D eigenvalue weighted by atomic mass is 10.2. The van der Waals surface area contributed by atoms with Crippen molar-refractivity contribution in [2.75, 3.05) is 31.1 Å². The fraction of sp³-hybridized carbons (Fsp3) is 0.250. The van der Waals surface area contributed by atoms with Crippen LogP contribution in [0, 0.1) is 0 Å². The molecule has 3 aromatic heterocycles. The van der Waals surface area contributed by atoms with Gasteiger partial charge in [0.05, 0.1) is 17.6 Å². The van der Waals surface area contributed by atoms with Gasteiger partial charge in [0.1, 0.15) is 22.8 Å². The number of aromatic nitrogens is 4. The summed E-state index contributed by atoms with van der Waals surface area (Å²) in [6.07, 6.45) is 3.56. The van der Waals surface area contributed by atoms with E-state index in [0.29, 0.717) is 0 Å². The number of nitrogens with one attached hydrogen (secondary N) is 1. The minimum absolute atomic E-state index is 0.902. The number of anilines is 1. The van der Waals surface area contributed by atoms with Crippen LogP contribution in [0.1, 0.15) is 5.01 Å². The molecule has 1 N–H and O–H groups in total. The van der Waals surface area contributed by atoms with Gasteiger partial charge in [-0.25, -0.2) is 15.0 Å². The average molecular weight is 376 g/mol. The Morgan fingerprint density at radius 3 is 2.70 bits per heavy atom. The predicted octanol–water partition coefficient (Wildman–Crippen LogP) is 3.40. The van der Waals surface area contributed by atoms with Crippen LogP contribution in [0.25, 0.3) is 22.3 Å². The van der Waals surface area contributed by atoms with Crippen molar-refractivity contribution in [3.05, 3.63) is 59.3 Å². The van der Waals surface area contributed by atoms with Crippen LogP contribution in [0.5, 0.6) is 0 Å². The highest BCUT2D eigenvalue weighted by atomic mass is 32.1. The Labute approximate surface area is 161 Å². The van der Waals surface area contributed by atoms with Crippen LogP contribution in [0.3, 0.4) is 0 Å². The van der Waals surface area contributed by atoms with E-state index in [1.807, 2.05) is 12.3 Å². The number of piperazine rings is 1. The quantitative estimate of drug-likeness (QED) is 0.591. The highest BCUT2D eigenvalue weighted by molar-refractivity contribution is 7.09. The Hall–Kier alpha value is -2.77. The largest absolute Gasteiger partial charge is 0.353 e. The predicted molar refractivity (Wildman–Crippen MR) is 109 cm³/mol. The molecule has 1 aliphatic rings. The van der Waals surface area contributed by atoms with Crippen molar-refractivity contribution in [1.82, 2.24) is 24.8 Å². The number of benzene rings is 1. The molecule has 7 heteroatoms. The third kappa shape index (κ3) is 3.31. The van der Waals surface area contributed by atoms with Crippen LogP contribution in [0.2, 0.25) is 0 Å². The van der Waals surface area contributed by atoms with Crippen LogP contribution in [0.4, 0.5) is 5.82 Å². The number of nitrogens with zero attached hydrogens (tertiary/aromatic N) is 5. The maximum atomic E-state index is 4.82. The lowest BCUT2D eigenvalue weighted by molar-refractivity contribution is 0.249. The standard InChI is InChI=1S/C20H20N6S/c1-2-4-15(5-3-1)17-13-27-18(24-17)12-25-8-10-26(11-9-25)20-16-6-7-21-19(16)22-14-23-20/h1-7,13-14H,8-12H2,(H,21,22,23). The van der Waals surface area contributed by atoms with Crippen LogP contribution in [0.15, 0.2) is 54.3 Å². The molecule has 0 aliphatic carbocycles. The summed E-state index contributed by atoms with van der Waals surface area (Å²) in [5.41, 5.74) is 3.16. The van der Waals surface area contributed by atoms with Gasteiger partial charge in [-0.1, -0.05) is 30.3 Å². The first-order valence-corrected chi connectivity index (χ1v) is 10.00. The zero-order valence-electron chi connectivity index (χ0n) is 14.9. The fourth-order valence-electron chi connectivity index (χ4n) is 3.54. The molecule has 0 saturated carbocycles. The Bertz CT molecular complexity index is 1030. The van der Waals surface area contributed by atoms with Crippen LogP contribution >= 0.6 is 11.3 Å². The Kier molecular flexibility index (Phi) is 4.31. The molecule has 0 bridgehead atoms. The molecule has 6 nitrogen and oxygen atoms in total. The molecule has 1 fully saturated rings. The monoisotopic (exact) mass is 376 g/mol. The van der Waals surface area contributed by atoms with Crippen LogP contribution < -0.4 is 4.90 Å². The van der Waals surface area contributed by atoms with Gasteiger partial charge in [0, 0.05) is 43.3 Å². The van der Waals surface area contributed by atoms with Crippen molar-refractivity contribution < 1.29 is 0 Å². The van der Waals surface area contributed by atoms with Gasteiger partial charge >= 0.3 is 0 Å². The number of H-pyrrole nitrogens is 1. The number of fused-ring (bicyclic) bond motifs is 1. The molecule has 1 saturated heterocycles.